The van der Waals surface area contributed by atoms with E-state index < -0.39 is 0 Å². The van der Waals surface area contributed by atoms with Gasteiger partial charge in [0.2, 0.25) is 0 Å². The van der Waals surface area contributed by atoms with Crippen molar-refractivity contribution in [2.24, 2.45) is 0 Å². The average molecular weight is 365 g/mol. The van der Waals surface area contributed by atoms with Gasteiger partial charge in [0, 0.05) is 6.54 Å². The molecule has 1 N–H and O–H groups in total. The third-order valence-electron chi connectivity index (χ3n) is 4.44. The second kappa shape index (κ2) is 8.49. The van der Waals surface area contributed by atoms with Gasteiger partial charge in [-0.3, -0.25) is 9.59 Å². The van der Waals surface area contributed by atoms with Gasteiger partial charge in [-0.2, -0.15) is 0 Å². The Bertz CT molecular complexity index is 997. The molecule has 0 bridgehead atoms. The van der Waals surface area contributed by atoms with Crippen LogP contribution < -0.4 is 10.3 Å². The molecule has 0 radical (unpaired) electrons. The van der Waals surface area contributed by atoms with Crippen LogP contribution in [0.5, 0.6) is 5.75 Å². The molecule has 1 amide bonds. The fourth-order valence-corrected chi connectivity index (χ4v) is 2.93. The number of rotatable bonds is 7. The first-order chi connectivity index (χ1) is 13.1. The number of aromatic nitrogens is 2. The zero-order valence-corrected chi connectivity index (χ0v) is 15.6. The molecule has 0 atom stereocenters. The van der Waals surface area contributed by atoms with E-state index in [4.69, 9.17) is 4.74 Å². The van der Waals surface area contributed by atoms with Crippen molar-refractivity contribution in [3.63, 3.8) is 0 Å². The van der Waals surface area contributed by atoms with Crippen LogP contribution in [0.4, 0.5) is 0 Å². The Kier molecular flexibility index (Phi) is 5.86. The van der Waals surface area contributed by atoms with Gasteiger partial charge in [0.15, 0.2) is 6.61 Å². The minimum absolute atomic E-state index is 0.0529. The van der Waals surface area contributed by atoms with E-state index >= 15 is 0 Å². The molecule has 6 nitrogen and oxygen atoms in total. The zero-order chi connectivity index (χ0) is 19.2. The number of aromatic amines is 1. The predicted octanol–water partition coefficient (Wildman–Crippen LogP) is 2.91. The van der Waals surface area contributed by atoms with E-state index in [1.165, 1.54) is 0 Å². The summed E-state index contributed by atoms with van der Waals surface area (Å²) in [4.78, 5) is 33.6. The van der Waals surface area contributed by atoms with Crippen LogP contribution in [-0.2, 0) is 17.8 Å². The summed E-state index contributed by atoms with van der Waals surface area (Å²) in [5.41, 5.74) is 1.48. The summed E-state index contributed by atoms with van der Waals surface area (Å²) in [6, 6.07) is 14.8. The second-order valence-electron chi connectivity index (χ2n) is 6.19. The number of ether oxygens (including phenoxy) is 1. The molecule has 3 aromatic rings. The Morgan fingerprint density at radius 3 is 2.63 bits per heavy atom. The third kappa shape index (κ3) is 4.34. The van der Waals surface area contributed by atoms with Crippen molar-refractivity contribution < 1.29 is 9.53 Å². The van der Waals surface area contributed by atoms with Crippen LogP contribution in [0.1, 0.15) is 25.2 Å². The van der Waals surface area contributed by atoms with Gasteiger partial charge in [-0.05, 0) is 37.1 Å². The summed E-state index contributed by atoms with van der Waals surface area (Å²) in [5.74, 6) is 1.03. The number of nitrogens with zero attached hydrogens (tertiary/aromatic N) is 2. The van der Waals surface area contributed by atoms with Gasteiger partial charge in [-0.25, -0.2) is 4.98 Å². The standard InChI is InChI=1S/C21H23N3O3/c1-3-15-9-5-8-12-18(15)27-14-20(25)24(4-2)13-19-22-17-11-7-6-10-16(17)21(26)23-19/h5-12H,3-4,13-14H2,1-2H3,(H,22,23,26). The van der Waals surface area contributed by atoms with Gasteiger partial charge in [0.25, 0.3) is 11.5 Å². The first-order valence-electron chi connectivity index (χ1n) is 9.08. The SMILES string of the molecule is CCc1ccccc1OCC(=O)N(CC)Cc1nc2ccccc2c(=O)[nH]1. The highest BCUT2D eigenvalue weighted by molar-refractivity contribution is 5.78. The number of benzene rings is 2. The molecule has 1 heterocycles. The van der Waals surface area contributed by atoms with Crippen molar-refractivity contribution in [1.29, 1.82) is 0 Å². The first-order valence-corrected chi connectivity index (χ1v) is 9.08. The quantitative estimate of drug-likeness (QED) is 0.698. The van der Waals surface area contributed by atoms with E-state index in [1.54, 1.807) is 23.1 Å². The molecule has 3 rings (SSSR count). The lowest BCUT2D eigenvalue weighted by Gasteiger charge is -2.21. The van der Waals surface area contributed by atoms with Gasteiger partial charge in [-0.1, -0.05) is 37.3 Å². The van der Waals surface area contributed by atoms with Gasteiger partial charge >= 0.3 is 0 Å². The van der Waals surface area contributed by atoms with E-state index in [9.17, 15) is 9.59 Å². The van der Waals surface area contributed by atoms with E-state index in [0.717, 1.165) is 17.7 Å². The number of amides is 1. The van der Waals surface area contributed by atoms with E-state index in [1.807, 2.05) is 44.2 Å². The minimum atomic E-state index is -0.202. The summed E-state index contributed by atoms with van der Waals surface area (Å²) < 4.78 is 5.72. The van der Waals surface area contributed by atoms with Gasteiger partial charge in [0.1, 0.15) is 11.6 Å². The molecule has 2 aromatic carbocycles. The van der Waals surface area contributed by atoms with Crippen molar-refractivity contribution in [3.05, 3.63) is 70.3 Å². The predicted molar refractivity (Wildman–Crippen MR) is 105 cm³/mol. The maximum Gasteiger partial charge on any atom is 0.260 e. The summed E-state index contributed by atoms with van der Waals surface area (Å²) >= 11 is 0. The Labute approximate surface area is 157 Å². The Balaban J connectivity index is 1.71. The van der Waals surface area contributed by atoms with Gasteiger partial charge in [-0.15, -0.1) is 0 Å². The van der Waals surface area contributed by atoms with Crippen molar-refractivity contribution in [1.82, 2.24) is 14.9 Å². The van der Waals surface area contributed by atoms with E-state index in [2.05, 4.69) is 9.97 Å². The Hall–Kier alpha value is -3.15. The van der Waals surface area contributed by atoms with Crippen molar-refractivity contribution >= 4 is 16.8 Å². The molecule has 0 aliphatic carbocycles. The minimum Gasteiger partial charge on any atom is -0.483 e. The average Bonchev–Trinajstić information content (AvgIpc) is 2.70. The van der Waals surface area contributed by atoms with Crippen LogP contribution in [-0.4, -0.2) is 33.9 Å². The highest BCUT2D eigenvalue weighted by Gasteiger charge is 2.15. The lowest BCUT2D eigenvalue weighted by molar-refractivity contribution is -0.133. The molecular weight excluding hydrogens is 342 g/mol. The summed E-state index contributed by atoms with van der Waals surface area (Å²) in [6.45, 7) is 4.60. The normalized spacial score (nSPS) is 10.7. The molecule has 0 aliphatic heterocycles. The molecule has 0 fully saturated rings. The molecule has 27 heavy (non-hydrogen) atoms. The summed E-state index contributed by atoms with van der Waals surface area (Å²) in [6.07, 6.45) is 0.837. The van der Waals surface area contributed by atoms with Crippen molar-refractivity contribution in [2.75, 3.05) is 13.2 Å². The number of fused-ring (bicyclic) bond motifs is 1. The van der Waals surface area contributed by atoms with Crippen LogP contribution in [0.25, 0.3) is 10.9 Å². The number of para-hydroxylation sites is 2. The van der Waals surface area contributed by atoms with Crippen molar-refractivity contribution in [2.45, 2.75) is 26.8 Å². The summed E-state index contributed by atoms with van der Waals surface area (Å²) in [7, 11) is 0. The number of hydrogen-bond donors (Lipinski definition) is 1. The van der Waals surface area contributed by atoms with Gasteiger partial charge < -0.3 is 14.6 Å². The molecule has 1 aromatic heterocycles. The number of carbonyl (C=O) groups excluding carboxylic acids is 1. The lowest BCUT2D eigenvalue weighted by atomic mass is 10.1. The maximum absolute atomic E-state index is 12.6. The highest BCUT2D eigenvalue weighted by atomic mass is 16.5. The fraction of sp³-hybridized carbons (Fsp3) is 0.286. The summed E-state index contributed by atoms with van der Waals surface area (Å²) in [5, 5.41) is 0.537. The maximum atomic E-state index is 12.6. The molecule has 0 unspecified atom stereocenters. The largest absolute Gasteiger partial charge is 0.483 e. The number of H-pyrrole nitrogens is 1. The monoisotopic (exact) mass is 365 g/mol. The smallest absolute Gasteiger partial charge is 0.260 e. The van der Waals surface area contributed by atoms with Crippen LogP contribution in [0.3, 0.4) is 0 Å². The third-order valence-corrected chi connectivity index (χ3v) is 4.44. The Morgan fingerprint density at radius 1 is 1.11 bits per heavy atom. The number of hydrogen-bond acceptors (Lipinski definition) is 4. The topological polar surface area (TPSA) is 75.3 Å². The zero-order valence-electron chi connectivity index (χ0n) is 15.6. The van der Waals surface area contributed by atoms with Crippen LogP contribution >= 0.6 is 0 Å². The molecule has 0 spiro atoms. The van der Waals surface area contributed by atoms with Gasteiger partial charge in [0.05, 0.1) is 17.4 Å². The van der Waals surface area contributed by atoms with Crippen LogP contribution in [0.2, 0.25) is 0 Å². The number of nitrogens with one attached hydrogen (secondary N) is 1. The number of likely N-dealkylation sites (N-methyl/N-ethyl adjacent to an activating group) is 1. The van der Waals surface area contributed by atoms with E-state index in [-0.39, 0.29) is 24.6 Å². The molecule has 0 aliphatic rings. The first kappa shape index (κ1) is 18.6. The number of carbonyl (C=O) groups is 1. The molecule has 0 saturated heterocycles. The van der Waals surface area contributed by atoms with Crippen LogP contribution in [0, 0.1) is 0 Å². The van der Waals surface area contributed by atoms with E-state index in [0.29, 0.717) is 23.3 Å². The van der Waals surface area contributed by atoms with Crippen LogP contribution in [0.15, 0.2) is 53.3 Å². The highest BCUT2D eigenvalue weighted by Crippen LogP contribution is 2.18. The number of aryl methyl sites for hydroxylation is 1. The second-order valence-corrected chi connectivity index (χ2v) is 6.19. The molecule has 0 saturated carbocycles. The fourth-order valence-electron chi connectivity index (χ4n) is 2.93. The lowest BCUT2D eigenvalue weighted by Crippen LogP contribution is -2.35. The molecule has 140 valence electrons. The molecular formula is C21H23N3O3. The Morgan fingerprint density at radius 2 is 1.85 bits per heavy atom. The molecule has 6 heteroatoms. The van der Waals surface area contributed by atoms with Crippen molar-refractivity contribution in [3.8, 4) is 5.75 Å².